The molecule has 2 amide bonds. The number of rotatable bonds is 14. The Bertz CT molecular complexity index is 1670. The largest absolute Gasteiger partial charge is 0.496 e. The molecule has 13 nitrogen and oxygen atoms in total. The van der Waals surface area contributed by atoms with Gasteiger partial charge in [0.1, 0.15) is 29.5 Å². The molecule has 0 fully saturated rings. The van der Waals surface area contributed by atoms with Gasteiger partial charge in [-0.1, -0.05) is 0 Å². The third kappa shape index (κ3) is 7.94. The second kappa shape index (κ2) is 14.8. The Morgan fingerprint density at radius 1 is 0.933 bits per heavy atom. The molecule has 0 aliphatic carbocycles. The second-order valence-electron chi connectivity index (χ2n) is 9.40. The minimum Gasteiger partial charge on any atom is -0.496 e. The van der Waals surface area contributed by atoms with Crippen LogP contribution in [-0.4, -0.2) is 86.7 Å². The molecule has 0 aliphatic rings. The number of carbonyl (C=O) groups excluding carboxylic acids is 1. The van der Waals surface area contributed by atoms with Crippen LogP contribution in [0.25, 0.3) is 10.9 Å². The molecular weight excluding hydrogens is 596 g/mol. The van der Waals surface area contributed by atoms with Gasteiger partial charge in [-0.3, -0.25) is 9.78 Å². The maximum absolute atomic E-state index is 15.2. The van der Waals surface area contributed by atoms with Gasteiger partial charge in [0.2, 0.25) is 0 Å². The molecule has 45 heavy (non-hydrogen) atoms. The molecule has 15 heteroatoms. The third-order valence-corrected chi connectivity index (χ3v) is 6.41. The number of likely N-dealkylation sites (N-methyl/N-ethyl adjacent to an activating group) is 1. The highest BCUT2D eigenvalue weighted by molar-refractivity contribution is 6.06. The summed E-state index contributed by atoms with van der Waals surface area (Å²) in [6.07, 6.45) is 1.56. The average molecular weight is 628 g/mol. The summed E-state index contributed by atoms with van der Waals surface area (Å²) in [7, 11) is 5.75. The number of carbonyl (C=O) groups is 2. The number of nitrogens with zero attached hydrogens (tertiary/aromatic N) is 3. The zero-order valence-electron chi connectivity index (χ0n) is 24.8. The monoisotopic (exact) mass is 627 g/mol. The summed E-state index contributed by atoms with van der Waals surface area (Å²) in [5.41, 5.74) is 0.246. The first kappa shape index (κ1) is 32.5. The number of benzene rings is 2. The minimum absolute atomic E-state index is 0.0425. The smallest absolute Gasteiger partial charge is 0.407 e. The van der Waals surface area contributed by atoms with E-state index in [0.29, 0.717) is 29.9 Å². The highest BCUT2D eigenvalue weighted by Gasteiger charge is 2.20. The van der Waals surface area contributed by atoms with E-state index in [2.05, 4.69) is 20.6 Å². The highest BCUT2D eigenvalue weighted by Crippen LogP contribution is 2.38. The van der Waals surface area contributed by atoms with Gasteiger partial charge in [0, 0.05) is 68.4 Å². The number of carboxylic acid groups (broad SMARTS) is 1. The lowest BCUT2D eigenvalue weighted by Crippen LogP contribution is -2.29. The van der Waals surface area contributed by atoms with Crippen molar-refractivity contribution in [3.63, 3.8) is 0 Å². The second-order valence-corrected chi connectivity index (χ2v) is 9.40. The fourth-order valence-electron chi connectivity index (χ4n) is 4.07. The molecule has 4 rings (SSSR count). The molecule has 0 spiro atoms. The van der Waals surface area contributed by atoms with Gasteiger partial charge in [0.15, 0.2) is 28.9 Å². The van der Waals surface area contributed by atoms with Crippen molar-refractivity contribution < 1.29 is 47.2 Å². The van der Waals surface area contributed by atoms with E-state index < -0.39 is 29.4 Å². The molecule has 0 bridgehead atoms. The number of nitrogens with one attached hydrogen (secondary N) is 2. The lowest BCUT2D eigenvalue weighted by atomic mass is 10.1. The maximum Gasteiger partial charge on any atom is 0.407 e. The zero-order chi connectivity index (χ0) is 32.5. The molecular formula is C30H31F2N5O8. The summed E-state index contributed by atoms with van der Waals surface area (Å²) in [6, 6.07) is 7.84. The van der Waals surface area contributed by atoms with Crippen molar-refractivity contribution >= 4 is 34.4 Å². The molecule has 4 aromatic rings. The number of hydrogen-bond donors (Lipinski definition) is 3. The molecule has 0 radical (unpaired) electrons. The Morgan fingerprint density at radius 3 is 2.33 bits per heavy atom. The number of amides is 2. The summed E-state index contributed by atoms with van der Waals surface area (Å²) >= 11 is 0. The van der Waals surface area contributed by atoms with Crippen LogP contribution in [0.1, 0.15) is 10.4 Å². The van der Waals surface area contributed by atoms with Crippen LogP contribution >= 0.6 is 0 Å². The molecule has 0 atom stereocenters. The molecule has 0 aliphatic heterocycles. The molecule has 0 saturated heterocycles. The van der Waals surface area contributed by atoms with Gasteiger partial charge in [-0.15, -0.1) is 0 Å². The average Bonchev–Trinajstić information content (AvgIpc) is 3.02. The predicted octanol–water partition coefficient (Wildman–Crippen LogP) is 5.02. The predicted molar refractivity (Wildman–Crippen MR) is 160 cm³/mol. The number of hydrogen-bond acceptors (Lipinski definition) is 10. The van der Waals surface area contributed by atoms with E-state index in [4.69, 9.17) is 28.8 Å². The van der Waals surface area contributed by atoms with Crippen LogP contribution in [0, 0.1) is 11.6 Å². The Hall–Kier alpha value is -5.44. The number of anilines is 2. The summed E-state index contributed by atoms with van der Waals surface area (Å²) in [5.74, 6) is -2.29. The van der Waals surface area contributed by atoms with Crippen LogP contribution in [-0.2, 0) is 4.74 Å². The van der Waals surface area contributed by atoms with Gasteiger partial charge in [-0.25, -0.2) is 18.6 Å². The summed E-state index contributed by atoms with van der Waals surface area (Å²) in [6.45, 7) is 1.07. The Labute approximate surface area is 256 Å². The van der Waals surface area contributed by atoms with Crippen LogP contribution < -0.4 is 29.6 Å². The van der Waals surface area contributed by atoms with Gasteiger partial charge >= 0.3 is 6.09 Å². The lowest BCUT2D eigenvalue weighted by Gasteiger charge is -2.16. The van der Waals surface area contributed by atoms with E-state index in [-0.39, 0.29) is 47.4 Å². The van der Waals surface area contributed by atoms with E-state index in [9.17, 15) is 9.59 Å². The van der Waals surface area contributed by atoms with Crippen LogP contribution in [0.5, 0.6) is 28.7 Å². The van der Waals surface area contributed by atoms with Crippen LogP contribution in [0.15, 0.2) is 48.8 Å². The summed E-state index contributed by atoms with van der Waals surface area (Å²) in [4.78, 5) is 33.4. The normalized spacial score (nSPS) is 10.7. The van der Waals surface area contributed by atoms with E-state index in [1.54, 1.807) is 13.2 Å². The van der Waals surface area contributed by atoms with Crippen molar-refractivity contribution in [2.24, 2.45) is 0 Å². The molecule has 2 aromatic heterocycles. The fourth-order valence-corrected chi connectivity index (χ4v) is 4.07. The van der Waals surface area contributed by atoms with Crippen molar-refractivity contribution in [2.45, 2.75) is 0 Å². The quantitative estimate of drug-likeness (QED) is 0.162. The van der Waals surface area contributed by atoms with Crippen molar-refractivity contribution in [3.05, 3.63) is 66.0 Å². The van der Waals surface area contributed by atoms with Gasteiger partial charge in [-0.2, -0.15) is 0 Å². The van der Waals surface area contributed by atoms with Gasteiger partial charge in [0.25, 0.3) is 5.91 Å². The molecule has 238 valence electrons. The van der Waals surface area contributed by atoms with Gasteiger partial charge < -0.3 is 44.3 Å². The molecule has 0 saturated carbocycles. The lowest BCUT2D eigenvalue weighted by molar-refractivity contribution is 0.102. The van der Waals surface area contributed by atoms with Crippen molar-refractivity contribution in [3.8, 4) is 28.7 Å². The molecule has 2 heterocycles. The van der Waals surface area contributed by atoms with E-state index in [1.807, 2.05) is 0 Å². The maximum atomic E-state index is 15.2. The van der Waals surface area contributed by atoms with Crippen molar-refractivity contribution in [1.82, 2.24) is 14.9 Å². The fraction of sp³-hybridized carbons (Fsp3) is 0.267. The van der Waals surface area contributed by atoms with Gasteiger partial charge in [-0.05, 0) is 12.1 Å². The summed E-state index contributed by atoms with van der Waals surface area (Å²) in [5, 5.41) is 14.8. The van der Waals surface area contributed by atoms with Crippen molar-refractivity contribution in [1.29, 1.82) is 0 Å². The van der Waals surface area contributed by atoms with E-state index in [1.165, 1.54) is 51.9 Å². The molecule has 2 aromatic carbocycles. The van der Waals surface area contributed by atoms with Crippen LogP contribution in [0.4, 0.5) is 25.1 Å². The van der Waals surface area contributed by atoms with E-state index in [0.717, 1.165) is 17.0 Å². The highest BCUT2D eigenvalue weighted by atomic mass is 19.1. The molecule has 3 N–H and O–H groups in total. The number of pyridine rings is 2. The standard InChI is InChI=1S/C30H31F2N5O8/c1-37(30(39)40)8-10-44-26-14-22-18(13-25(26)43-4)23(5-6-33-22)45-28-20(31)11-17(12-21(28)32)36-29(38)19-16-35-27(15-24(19)42-3)34-7-9-41-2/h5-6,11-16H,7-10H2,1-4H3,(H,34,35)(H,36,38)(H,39,40). The number of ether oxygens (including phenoxy) is 5. The Balaban J connectivity index is 1.53. The van der Waals surface area contributed by atoms with Crippen LogP contribution in [0.3, 0.4) is 0 Å². The summed E-state index contributed by atoms with van der Waals surface area (Å²) < 4.78 is 57.4. The first-order valence-electron chi connectivity index (χ1n) is 13.4. The van der Waals surface area contributed by atoms with E-state index >= 15 is 8.78 Å². The molecule has 0 unspecified atom stereocenters. The van der Waals surface area contributed by atoms with Crippen molar-refractivity contribution in [2.75, 3.05) is 65.3 Å². The SMILES string of the molecule is COCCNc1cc(OC)c(C(=O)Nc2cc(F)c(Oc3ccnc4cc(OCCN(C)C(=O)O)c(OC)cc34)c(F)c2)cn1. The topological polar surface area (TPSA) is 154 Å². The van der Waals surface area contributed by atoms with Crippen LogP contribution in [0.2, 0.25) is 0 Å². The third-order valence-electron chi connectivity index (χ3n) is 6.41. The number of methoxy groups -OCH3 is 3. The number of aromatic nitrogens is 2. The zero-order valence-corrected chi connectivity index (χ0v) is 24.8. The Morgan fingerprint density at radius 2 is 1.67 bits per heavy atom. The van der Waals surface area contributed by atoms with Gasteiger partial charge in [0.05, 0.1) is 32.9 Å². The first-order chi connectivity index (χ1) is 21.6. The Kier molecular flexibility index (Phi) is 10.7. The first-order valence-corrected chi connectivity index (χ1v) is 13.4. The number of halogens is 2. The minimum atomic E-state index is -1.10. The number of fused-ring (bicyclic) bond motifs is 1.